The molecule has 0 spiro atoms. The van der Waals surface area contributed by atoms with Crippen LogP contribution in [0.3, 0.4) is 0 Å². The maximum atomic E-state index is 12.8. The summed E-state index contributed by atoms with van der Waals surface area (Å²) in [5.41, 5.74) is 6.33. The third kappa shape index (κ3) is 2.78. The first-order valence-corrected chi connectivity index (χ1v) is 8.20. The van der Waals surface area contributed by atoms with Crippen LogP contribution in [0.15, 0.2) is 17.0 Å². The van der Waals surface area contributed by atoms with E-state index in [9.17, 15) is 18.5 Å². The lowest BCUT2D eigenvalue weighted by atomic mass is 10.1. The second kappa shape index (κ2) is 5.70. The summed E-state index contributed by atoms with van der Waals surface area (Å²) in [5, 5.41) is 10.9. The van der Waals surface area contributed by atoms with Crippen molar-refractivity contribution < 1.29 is 13.3 Å². The fraction of sp³-hybridized carbons (Fsp3) is 0.538. The van der Waals surface area contributed by atoms with E-state index in [1.54, 1.807) is 13.8 Å². The number of nitrogens with zero attached hydrogens (tertiary/aromatic N) is 2. The molecular formula is C13H19N3O4S. The molecule has 0 bridgehead atoms. The smallest absolute Gasteiger partial charge is 0.270 e. The third-order valence-electron chi connectivity index (χ3n) is 3.82. The van der Waals surface area contributed by atoms with Crippen LogP contribution in [0.4, 0.5) is 5.69 Å². The van der Waals surface area contributed by atoms with Crippen molar-refractivity contribution in [1.82, 2.24) is 4.31 Å². The topological polar surface area (TPSA) is 107 Å². The number of rotatable bonds is 4. The van der Waals surface area contributed by atoms with Crippen LogP contribution in [0.25, 0.3) is 0 Å². The molecular weight excluding hydrogens is 294 g/mol. The first kappa shape index (κ1) is 15.9. The molecule has 1 aromatic carbocycles. The normalized spacial score (nSPS) is 19.9. The molecule has 0 amide bonds. The average Bonchev–Trinajstić information content (AvgIpc) is 2.86. The Morgan fingerprint density at radius 2 is 1.95 bits per heavy atom. The lowest BCUT2D eigenvalue weighted by Gasteiger charge is -2.24. The SMILES string of the molecule is Cc1cc([N+](=O)[O-])cc(C)c1S(=O)(=O)N1CCCC1CN. The molecule has 0 aliphatic carbocycles. The predicted molar refractivity (Wildman–Crippen MR) is 78.5 cm³/mol. The van der Waals surface area contributed by atoms with E-state index in [4.69, 9.17) is 5.73 Å². The van der Waals surface area contributed by atoms with E-state index in [1.807, 2.05) is 0 Å². The Balaban J connectivity index is 2.53. The van der Waals surface area contributed by atoms with Crippen LogP contribution in [0.5, 0.6) is 0 Å². The molecule has 1 aliphatic heterocycles. The van der Waals surface area contributed by atoms with Gasteiger partial charge in [0.2, 0.25) is 10.0 Å². The number of sulfonamides is 1. The number of aryl methyl sites for hydroxylation is 2. The van der Waals surface area contributed by atoms with E-state index in [2.05, 4.69) is 0 Å². The van der Waals surface area contributed by atoms with Gasteiger partial charge in [0.15, 0.2) is 0 Å². The molecule has 8 heteroatoms. The lowest BCUT2D eigenvalue weighted by molar-refractivity contribution is -0.385. The Hall–Kier alpha value is -1.51. The van der Waals surface area contributed by atoms with Crippen LogP contribution in [0, 0.1) is 24.0 Å². The van der Waals surface area contributed by atoms with Gasteiger partial charge in [0.25, 0.3) is 5.69 Å². The minimum absolute atomic E-state index is 0.0965. The van der Waals surface area contributed by atoms with Gasteiger partial charge >= 0.3 is 0 Å². The van der Waals surface area contributed by atoms with Gasteiger partial charge in [-0.25, -0.2) is 8.42 Å². The summed E-state index contributed by atoms with van der Waals surface area (Å²) < 4.78 is 27.1. The zero-order valence-corrected chi connectivity index (χ0v) is 12.9. The summed E-state index contributed by atoms with van der Waals surface area (Å²) in [7, 11) is -3.67. The van der Waals surface area contributed by atoms with E-state index >= 15 is 0 Å². The van der Waals surface area contributed by atoms with Gasteiger partial charge in [0.1, 0.15) is 0 Å². The first-order valence-electron chi connectivity index (χ1n) is 6.76. The summed E-state index contributed by atoms with van der Waals surface area (Å²) in [6.45, 7) is 3.89. The van der Waals surface area contributed by atoms with E-state index in [1.165, 1.54) is 16.4 Å². The second-order valence-corrected chi connectivity index (χ2v) is 7.14. The number of nitrogens with two attached hydrogens (primary N) is 1. The summed E-state index contributed by atoms with van der Waals surface area (Å²) in [4.78, 5) is 10.5. The Morgan fingerprint density at radius 3 is 2.43 bits per heavy atom. The number of nitro groups is 1. The fourth-order valence-corrected chi connectivity index (χ4v) is 5.04. The van der Waals surface area contributed by atoms with Crippen molar-refractivity contribution in [3.63, 3.8) is 0 Å². The van der Waals surface area contributed by atoms with E-state index in [-0.39, 0.29) is 23.2 Å². The second-order valence-electron chi connectivity index (χ2n) is 5.31. The van der Waals surface area contributed by atoms with Gasteiger partial charge in [0.05, 0.1) is 9.82 Å². The largest absolute Gasteiger partial charge is 0.329 e. The predicted octanol–water partition coefficient (Wildman–Crippen LogP) is 1.32. The minimum Gasteiger partial charge on any atom is -0.329 e. The number of hydrogen-bond acceptors (Lipinski definition) is 5. The Kier molecular flexibility index (Phi) is 4.31. The van der Waals surface area contributed by atoms with Crippen LogP contribution in [-0.2, 0) is 10.0 Å². The molecule has 1 unspecified atom stereocenters. The van der Waals surface area contributed by atoms with E-state index < -0.39 is 14.9 Å². The molecule has 1 aliphatic rings. The molecule has 1 atom stereocenters. The number of nitro benzene ring substituents is 1. The molecule has 1 heterocycles. The summed E-state index contributed by atoms with van der Waals surface area (Å²) in [5.74, 6) is 0. The molecule has 21 heavy (non-hydrogen) atoms. The Labute approximate surface area is 123 Å². The summed E-state index contributed by atoms with van der Waals surface area (Å²) >= 11 is 0. The highest BCUT2D eigenvalue weighted by Gasteiger charge is 2.36. The van der Waals surface area contributed by atoms with Crippen LogP contribution in [0.2, 0.25) is 0 Å². The van der Waals surface area contributed by atoms with Crippen molar-refractivity contribution in [2.75, 3.05) is 13.1 Å². The average molecular weight is 313 g/mol. The molecule has 1 aromatic rings. The third-order valence-corrected chi connectivity index (χ3v) is 6.08. The molecule has 1 saturated heterocycles. The highest BCUT2D eigenvalue weighted by Crippen LogP contribution is 2.31. The molecule has 1 fully saturated rings. The molecule has 7 nitrogen and oxygen atoms in total. The molecule has 0 aromatic heterocycles. The molecule has 2 rings (SSSR count). The zero-order valence-electron chi connectivity index (χ0n) is 12.1. The van der Waals surface area contributed by atoms with Gasteiger partial charge in [0, 0.05) is 31.3 Å². The maximum Gasteiger partial charge on any atom is 0.270 e. The lowest BCUT2D eigenvalue weighted by Crippen LogP contribution is -2.40. The Bertz CT molecular complexity index is 649. The number of non-ortho nitro benzene ring substituents is 1. The van der Waals surface area contributed by atoms with Gasteiger partial charge in [-0.3, -0.25) is 10.1 Å². The maximum absolute atomic E-state index is 12.8. The van der Waals surface area contributed by atoms with E-state index in [0.29, 0.717) is 17.7 Å². The molecule has 116 valence electrons. The number of hydrogen-bond donors (Lipinski definition) is 1. The first-order chi connectivity index (χ1) is 9.78. The standard InChI is InChI=1S/C13H19N3O4S/c1-9-6-12(16(17)18)7-10(2)13(9)21(19,20)15-5-3-4-11(15)8-14/h6-7,11H,3-5,8,14H2,1-2H3. The van der Waals surface area contributed by atoms with E-state index in [0.717, 1.165) is 12.8 Å². The summed E-state index contributed by atoms with van der Waals surface area (Å²) in [6.07, 6.45) is 1.53. The monoisotopic (exact) mass is 313 g/mol. The van der Waals surface area contributed by atoms with Gasteiger partial charge in [-0.1, -0.05) is 0 Å². The van der Waals surface area contributed by atoms with Crippen LogP contribution in [0.1, 0.15) is 24.0 Å². The molecule has 0 saturated carbocycles. The van der Waals surface area contributed by atoms with Crippen LogP contribution >= 0.6 is 0 Å². The van der Waals surface area contributed by atoms with Crippen LogP contribution in [-0.4, -0.2) is 36.8 Å². The number of benzene rings is 1. The van der Waals surface area contributed by atoms with Gasteiger partial charge in [-0.2, -0.15) is 4.31 Å². The van der Waals surface area contributed by atoms with Crippen molar-refractivity contribution in [3.05, 3.63) is 33.4 Å². The molecule has 2 N–H and O–H groups in total. The van der Waals surface area contributed by atoms with Gasteiger partial charge in [-0.15, -0.1) is 0 Å². The van der Waals surface area contributed by atoms with Crippen molar-refractivity contribution in [2.24, 2.45) is 5.73 Å². The van der Waals surface area contributed by atoms with Crippen molar-refractivity contribution in [2.45, 2.75) is 37.6 Å². The van der Waals surface area contributed by atoms with Gasteiger partial charge < -0.3 is 5.73 Å². The van der Waals surface area contributed by atoms with Crippen molar-refractivity contribution >= 4 is 15.7 Å². The van der Waals surface area contributed by atoms with Crippen molar-refractivity contribution in [1.29, 1.82) is 0 Å². The highest BCUT2D eigenvalue weighted by atomic mass is 32.2. The fourth-order valence-electron chi connectivity index (χ4n) is 2.92. The minimum atomic E-state index is -3.67. The Morgan fingerprint density at radius 1 is 1.38 bits per heavy atom. The van der Waals surface area contributed by atoms with Crippen LogP contribution < -0.4 is 5.73 Å². The summed E-state index contributed by atoms with van der Waals surface area (Å²) in [6, 6.07) is 2.41. The highest BCUT2D eigenvalue weighted by molar-refractivity contribution is 7.89. The van der Waals surface area contributed by atoms with Crippen molar-refractivity contribution in [3.8, 4) is 0 Å². The quantitative estimate of drug-likeness (QED) is 0.666. The molecule has 0 radical (unpaired) electrons. The zero-order chi connectivity index (χ0) is 15.8. The van der Waals surface area contributed by atoms with Gasteiger partial charge in [-0.05, 0) is 37.8 Å².